The molecule has 0 saturated heterocycles. The molecule has 0 spiro atoms. The summed E-state index contributed by atoms with van der Waals surface area (Å²) in [5.41, 5.74) is 6.11. The maximum Gasteiger partial charge on any atom is 0.115 e. The number of nitrogen functional groups attached to an aromatic ring is 1. The van der Waals surface area contributed by atoms with Crippen LogP contribution in [0.4, 0.5) is 10.1 Å². The zero-order valence-electron chi connectivity index (χ0n) is 10.8. The van der Waals surface area contributed by atoms with Crippen molar-refractivity contribution >= 4 is 5.69 Å². The molecule has 2 heteroatoms. The van der Waals surface area contributed by atoms with Gasteiger partial charge in [0.1, 0.15) is 5.67 Å². The average Bonchev–Trinajstić information content (AvgIpc) is 2.28. The summed E-state index contributed by atoms with van der Waals surface area (Å²) in [7, 11) is 0. The van der Waals surface area contributed by atoms with Gasteiger partial charge in [-0.2, -0.15) is 0 Å². The Morgan fingerprint density at radius 2 is 1.82 bits per heavy atom. The SMILES string of the molecule is CC(C)(F)C1(c2cccc(N)c2)CCCCC1. The van der Waals surface area contributed by atoms with Crippen LogP contribution in [0.1, 0.15) is 51.5 Å². The topological polar surface area (TPSA) is 26.0 Å². The first kappa shape index (κ1) is 12.4. The van der Waals surface area contributed by atoms with Crippen LogP contribution >= 0.6 is 0 Å². The molecule has 1 aromatic carbocycles. The van der Waals surface area contributed by atoms with Crippen LogP contribution in [0, 0.1) is 0 Å². The Morgan fingerprint density at radius 1 is 1.18 bits per heavy atom. The molecule has 1 aliphatic carbocycles. The van der Waals surface area contributed by atoms with Gasteiger partial charge in [-0.3, -0.25) is 0 Å². The van der Waals surface area contributed by atoms with Crippen LogP contribution in [0.25, 0.3) is 0 Å². The van der Waals surface area contributed by atoms with Crippen molar-refractivity contribution in [1.29, 1.82) is 0 Å². The van der Waals surface area contributed by atoms with Gasteiger partial charge < -0.3 is 5.73 Å². The first-order valence-electron chi connectivity index (χ1n) is 6.51. The van der Waals surface area contributed by atoms with Crippen molar-refractivity contribution in [3.8, 4) is 0 Å². The van der Waals surface area contributed by atoms with Gasteiger partial charge in [0.25, 0.3) is 0 Å². The highest BCUT2D eigenvalue weighted by molar-refractivity contribution is 5.44. The van der Waals surface area contributed by atoms with E-state index in [0.717, 1.165) is 36.9 Å². The molecule has 1 aliphatic rings. The number of anilines is 1. The van der Waals surface area contributed by atoms with Crippen LogP contribution in [0.3, 0.4) is 0 Å². The molecule has 0 atom stereocenters. The molecule has 0 radical (unpaired) electrons. The number of alkyl halides is 1. The van der Waals surface area contributed by atoms with E-state index in [1.54, 1.807) is 13.8 Å². The lowest BCUT2D eigenvalue weighted by molar-refractivity contribution is 0.0565. The maximum atomic E-state index is 14.7. The summed E-state index contributed by atoms with van der Waals surface area (Å²) in [6.07, 6.45) is 5.31. The second-order valence-electron chi connectivity index (χ2n) is 5.74. The molecule has 0 unspecified atom stereocenters. The Bertz CT molecular complexity index is 386. The van der Waals surface area contributed by atoms with E-state index < -0.39 is 5.67 Å². The third kappa shape index (κ3) is 2.18. The normalized spacial score (nSPS) is 20.2. The lowest BCUT2D eigenvalue weighted by Crippen LogP contribution is -2.45. The van der Waals surface area contributed by atoms with Crippen molar-refractivity contribution in [2.24, 2.45) is 0 Å². The van der Waals surface area contributed by atoms with Crippen LogP contribution < -0.4 is 5.73 Å². The first-order valence-corrected chi connectivity index (χ1v) is 6.51. The standard InChI is InChI=1S/C15H22FN/c1-14(2,16)15(9-4-3-5-10-15)12-7-6-8-13(17)11-12/h6-8,11H,3-5,9-10,17H2,1-2H3. The van der Waals surface area contributed by atoms with Gasteiger partial charge in [-0.15, -0.1) is 0 Å². The summed E-state index contributed by atoms with van der Waals surface area (Å²) >= 11 is 0. The van der Waals surface area contributed by atoms with Crippen molar-refractivity contribution in [3.63, 3.8) is 0 Å². The van der Waals surface area contributed by atoms with Gasteiger partial charge >= 0.3 is 0 Å². The predicted molar refractivity (Wildman–Crippen MR) is 70.8 cm³/mol. The zero-order chi connectivity index (χ0) is 12.5. The molecule has 0 aromatic heterocycles. The second-order valence-corrected chi connectivity index (χ2v) is 5.74. The minimum atomic E-state index is -1.19. The van der Waals surface area contributed by atoms with Crippen molar-refractivity contribution < 1.29 is 4.39 Å². The first-order chi connectivity index (χ1) is 7.96. The van der Waals surface area contributed by atoms with E-state index in [1.165, 1.54) is 6.42 Å². The highest BCUT2D eigenvalue weighted by atomic mass is 19.1. The molecule has 2 rings (SSSR count). The van der Waals surface area contributed by atoms with E-state index in [0.29, 0.717) is 0 Å². The fraction of sp³-hybridized carbons (Fsp3) is 0.600. The van der Waals surface area contributed by atoms with Crippen LogP contribution in [0.5, 0.6) is 0 Å². The number of rotatable bonds is 2. The van der Waals surface area contributed by atoms with Crippen LogP contribution in [-0.2, 0) is 5.41 Å². The van der Waals surface area contributed by atoms with Crippen molar-refractivity contribution in [1.82, 2.24) is 0 Å². The summed E-state index contributed by atoms with van der Waals surface area (Å²) in [4.78, 5) is 0. The summed E-state index contributed by atoms with van der Waals surface area (Å²) in [5.74, 6) is 0. The van der Waals surface area contributed by atoms with Crippen molar-refractivity contribution in [3.05, 3.63) is 29.8 Å². The van der Waals surface area contributed by atoms with Gasteiger partial charge in [0.15, 0.2) is 0 Å². The van der Waals surface area contributed by atoms with E-state index in [-0.39, 0.29) is 5.41 Å². The van der Waals surface area contributed by atoms with Crippen LogP contribution in [0.2, 0.25) is 0 Å². The minimum absolute atomic E-state index is 0.347. The lowest BCUT2D eigenvalue weighted by atomic mass is 9.61. The Hall–Kier alpha value is -1.05. The summed E-state index contributed by atoms with van der Waals surface area (Å²) < 4.78 is 14.7. The Morgan fingerprint density at radius 3 is 2.35 bits per heavy atom. The van der Waals surface area contributed by atoms with E-state index in [4.69, 9.17) is 5.73 Å². The molecule has 0 amide bonds. The summed E-state index contributed by atoms with van der Waals surface area (Å²) in [5, 5.41) is 0. The number of nitrogens with two attached hydrogens (primary N) is 1. The third-order valence-corrected chi connectivity index (χ3v) is 4.28. The molecule has 1 nitrogen and oxygen atoms in total. The molecule has 17 heavy (non-hydrogen) atoms. The number of halogens is 1. The molecule has 1 aromatic rings. The molecule has 1 fully saturated rings. The molecule has 0 heterocycles. The monoisotopic (exact) mass is 235 g/mol. The quantitative estimate of drug-likeness (QED) is 0.763. The maximum absolute atomic E-state index is 14.7. The highest BCUT2D eigenvalue weighted by Crippen LogP contribution is 2.49. The van der Waals surface area contributed by atoms with Crippen molar-refractivity contribution in [2.45, 2.75) is 57.0 Å². The fourth-order valence-corrected chi connectivity index (χ4v) is 3.22. The molecular formula is C15H22FN. The minimum Gasteiger partial charge on any atom is -0.399 e. The molecule has 94 valence electrons. The van der Waals surface area contributed by atoms with E-state index in [2.05, 4.69) is 0 Å². The van der Waals surface area contributed by atoms with E-state index in [1.807, 2.05) is 24.3 Å². The Kier molecular flexibility index (Phi) is 3.15. The van der Waals surface area contributed by atoms with E-state index >= 15 is 0 Å². The fourth-order valence-electron chi connectivity index (χ4n) is 3.22. The molecule has 0 bridgehead atoms. The van der Waals surface area contributed by atoms with Gasteiger partial charge in [-0.25, -0.2) is 4.39 Å². The Balaban J connectivity index is 2.46. The second kappa shape index (κ2) is 4.32. The van der Waals surface area contributed by atoms with Gasteiger partial charge in [0, 0.05) is 11.1 Å². The van der Waals surface area contributed by atoms with Crippen LogP contribution in [0.15, 0.2) is 24.3 Å². The number of hydrogen-bond donors (Lipinski definition) is 1. The van der Waals surface area contributed by atoms with Crippen LogP contribution in [-0.4, -0.2) is 5.67 Å². The number of hydrogen-bond acceptors (Lipinski definition) is 1. The van der Waals surface area contributed by atoms with Gasteiger partial charge in [0.05, 0.1) is 0 Å². The third-order valence-electron chi connectivity index (χ3n) is 4.28. The van der Waals surface area contributed by atoms with Crippen molar-refractivity contribution in [2.75, 3.05) is 5.73 Å². The zero-order valence-corrected chi connectivity index (χ0v) is 10.8. The molecule has 0 aliphatic heterocycles. The average molecular weight is 235 g/mol. The Labute approximate surface area is 103 Å². The smallest absolute Gasteiger partial charge is 0.115 e. The lowest BCUT2D eigenvalue weighted by Gasteiger charge is -2.45. The molecule has 2 N–H and O–H groups in total. The van der Waals surface area contributed by atoms with E-state index in [9.17, 15) is 4.39 Å². The molecule has 1 saturated carbocycles. The summed E-state index contributed by atoms with van der Waals surface area (Å²) in [6, 6.07) is 7.79. The van der Waals surface area contributed by atoms with Gasteiger partial charge in [-0.1, -0.05) is 31.4 Å². The predicted octanol–water partition coefficient (Wildman–Crippen LogP) is 4.22. The molecular weight excluding hydrogens is 213 g/mol. The largest absolute Gasteiger partial charge is 0.399 e. The summed E-state index contributed by atoms with van der Waals surface area (Å²) in [6.45, 7) is 3.42. The number of benzene rings is 1. The van der Waals surface area contributed by atoms with Gasteiger partial charge in [0.2, 0.25) is 0 Å². The van der Waals surface area contributed by atoms with Gasteiger partial charge in [-0.05, 0) is 44.4 Å². The highest BCUT2D eigenvalue weighted by Gasteiger charge is 2.47.